The molecule has 3 rings (SSSR count). The molecule has 0 aliphatic heterocycles. The SMILES string of the molecule is CC(C)(C)OC(=O)[C@H](Nc1cccc2cccnc12)C(C)(C)Oc1ccc(Cl)cc1. The van der Waals surface area contributed by atoms with Crippen LogP contribution in [0.1, 0.15) is 34.6 Å². The lowest BCUT2D eigenvalue weighted by Crippen LogP contribution is -2.53. The van der Waals surface area contributed by atoms with Gasteiger partial charge in [-0.3, -0.25) is 4.98 Å². The van der Waals surface area contributed by atoms with Crippen molar-refractivity contribution in [2.24, 2.45) is 0 Å². The lowest BCUT2D eigenvalue weighted by molar-refractivity contribution is -0.160. The van der Waals surface area contributed by atoms with Gasteiger partial charge in [-0.2, -0.15) is 0 Å². The van der Waals surface area contributed by atoms with Gasteiger partial charge in [0.1, 0.15) is 17.0 Å². The summed E-state index contributed by atoms with van der Waals surface area (Å²) in [6, 6.07) is 15.9. The van der Waals surface area contributed by atoms with Crippen molar-refractivity contribution in [2.75, 3.05) is 5.32 Å². The van der Waals surface area contributed by atoms with Gasteiger partial charge in [-0.05, 0) is 71.0 Å². The maximum absolute atomic E-state index is 13.2. The van der Waals surface area contributed by atoms with E-state index in [4.69, 9.17) is 21.1 Å². The molecule has 6 heteroatoms. The number of hydrogen-bond acceptors (Lipinski definition) is 5. The fraction of sp³-hybridized carbons (Fsp3) is 0.333. The summed E-state index contributed by atoms with van der Waals surface area (Å²) in [6.07, 6.45) is 1.73. The quantitative estimate of drug-likeness (QED) is 0.499. The Morgan fingerprint density at radius 3 is 2.33 bits per heavy atom. The van der Waals surface area contributed by atoms with Gasteiger partial charge < -0.3 is 14.8 Å². The highest BCUT2D eigenvalue weighted by Crippen LogP contribution is 2.29. The zero-order valence-corrected chi connectivity index (χ0v) is 18.7. The molecule has 0 radical (unpaired) electrons. The minimum atomic E-state index is -0.937. The first-order valence-electron chi connectivity index (χ1n) is 9.83. The lowest BCUT2D eigenvalue weighted by atomic mass is 9.97. The maximum Gasteiger partial charge on any atom is 0.333 e. The number of para-hydroxylation sites is 1. The predicted octanol–water partition coefficient (Wildman–Crippen LogP) is 5.87. The second kappa shape index (κ2) is 8.52. The summed E-state index contributed by atoms with van der Waals surface area (Å²) in [7, 11) is 0. The number of fused-ring (bicyclic) bond motifs is 1. The van der Waals surface area contributed by atoms with Gasteiger partial charge in [0.2, 0.25) is 0 Å². The van der Waals surface area contributed by atoms with Crippen molar-refractivity contribution in [3.63, 3.8) is 0 Å². The fourth-order valence-electron chi connectivity index (χ4n) is 3.12. The summed E-state index contributed by atoms with van der Waals surface area (Å²) < 4.78 is 11.9. The number of pyridine rings is 1. The summed E-state index contributed by atoms with van der Waals surface area (Å²) in [5, 5.41) is 4.92. The van der Waals surface area contributed by atoms with Crippen LogP contribution in [0.4, 0.5) is 5.69 Å². The zero-order chi connectivity index (χ0) is 21.9. The van der Waals surface area contributed by atoms with Crippen LogP contribution in [-0.2, 0) is 9.53 Å². The second-order valence-corrected chi connectivity index (χ2v) is 9.09. The number of aromatic nitrogens is 1. The first kappa shape index (κ1) is 21.9. The molecular formula is C24H27ClN2O3. The molecule has 0 aliphatic rings. The number of hydrogen-bond donors (Lipinski definition) is 1. The molecule has 5 nitrogen and oxygen atoms in total. The van der Waals surface area contributed by atoms with Crippen LogP contribution in [0, 0.1) is 0 Å². The molecule has 0 saturated heterocycles. The largest absolute Gasteiger partial charge is 0.485 e. The smallest absolute Gasteiger partial charge is 0.333 e. The molecule has 1 atom stereocenters. The molecule has 0 aliphatic carbocycles. The fourth-order valence-corrected chi connectivity index (χ4v) is 3.24. The van der Waals surface area contributed by atoms with Crippen LogP contribution in [-0.4, -0.2) is 28.2 Å². The van der Waals surface area contributed by atoms with E-state index in [1.165, 1.54) is 0 Å². The van der Waals surface area contributed by atoms with Gasteiger partial charge in [0.25, 0.3) is 0 Å². The minimum Gasteiger partial charge on any atom is -0.485 e. The number of nitrogens with zero attached hydrogens (tertiary/aromatic N) is 1. The van der Waals surface area contributed by atoms with Gasteiger partial charge in [0.05, 0.1) is 11.2 Å². The van der Waals surface area contributed by atoms with Crippen molar-refractivity contribution in [1.29, 1.82) is 0 Å². The van der Waals surface area contributed by atoms with E-state index < -0.39 is 23.2 Å². The topological polar surface area (TPSA) is 60.5 Å². The Morgan fingerprint density at radius 2 is 1.67 bits per heavy atom. The number of carbonyl (C=O) groups excluding carboxylic acids is 1. The summed E-state index contributed by atoms with van der Waals surface area (Å²) in [4.78, 5) is 17.7. The lowest BCUT2D eigenvalue weighted by Gasteiger charge is -2.36. The molecule has 0 unspecified atom stereocenters. The van der Waals surface area contributed by atoms with Gasteiger partial charge in [-0.15, -0.1) is 0 Å². The number of nitrogens with one attached hydrogen (secondary N) is 1. The van der Waals surface area contributed by atoms with Gasteiger partial charge in [0, 0.05) is 16.6 Å². The van der Waals surface area contributed by atoms with Crippen LogP contribution >= 0.6 is 11.6 Å². The van der Waals surface area contributed by atoms with E-state index >= 15 is 0 Å². The number of rotatable bonds is 6. The van der Waals surface area contributed by atoms with E-state index in [2.05, 4.69) is 10.3 Å². The van der Waals surface area contributed by atoms with Crippen LogP contribution in [0.2, 0.25) is 5.02 Å². The Hall–Kier alpha value is -2.79. The highest BCUT2D eigenvalue weighted by Gasteiger charge is 2.40. The summed E-state index contributed by atoms with van der Waals surface area (Å²) in [6.45, 7) is 9.22. The standard InChI is InChI=1S/C24H27ClN2O3/c1-23(2,3)30-22(28)21(24(4,5)29-18-13-11-17(25)12-14-18)27-19-10-6-8-16-9-7-15-26-20(16)19/h6-15,21,27H,1-5H3/t21-/m0/s1. The first-order chi connectivity index (χ1) is 14.0. The van der Waals surface area contributed by atoms with E-state index in [-0.39, 0.29) is 0 Å². The highest BCUT2D eigenvalue weighted by atomic mass is 35.5. The molecule has 0 amide bonds. The van der Waals surface area contributed by atoms with Gasteiger partial charge in [-0.25, -0.2) is 4.79 Å². The van der Waals surface area contributed by atoms with E-state index in [1.54, 1.807) is 30.5 Å². The van der Waals surface area contributed by atoms with E-state index in [9.17, 15) is 4.79 Å². The van der Waals surface area contributed by atoms with Crippen LogP contribution in [0.15, 0.2) is 60.8 Å². The molecule has 158 valence electrons. The molecule has 3 aromatic rings. The van der Waals surface area contributed by atoms with Crippen molar-refractivity contribution in [2.45, 2.75) is 51.9 Å². The third-order valence-corrected chi connectivity index (χ3v) is 4.72. The molecule has 0 fully saturated rings. The number of anilines is 1. The molecule has 30 heavy (non-hydrogen) atoms. The van der Waals surface area contributed by atoms with Gasteiger partial charge in [-0.1, -0.05) is 29.8 Å². The van der Waals surface area contributed by atoms with E-state index in [1.807, 2.05) is 65.0 Å². The van der Waals surface area contributed by atoms with Gasteiger partial charge in [0.15, 0.2) is 6.04 Å². The number of benzene rings is 2. The molecule has 0 spiro atoms. The Balaban J connectivity index is 1.96. The highest BCUT2D eigenvalue weighted by molar-refractivity contribution is 6.30. The van der Waals surface area contributed by atoms with E-state index in [0.29, 0.717) is 10.8 Å². The van der Waals surface area contributed by atoms with Crippen molar-refractivity contribution in [3.8, 4) is 5.75 Å². The maximum atomic E-state index is 13.2. The van der Waals surface area contributed by atoms with Crippen LogP contribution < -0.4 is 10.1 Å². The number of carbonyl (C=O) groups is 1. The predicted molar refractivity (Wildman–Crippen MR) is 121 cm³/mol. The van der Waals surface area contributed by atoms with Gasteiger partial charge >= 0.3 is 5.97 Å². The van der Waals surface area contributed by atoms with Crippen LogP contribution in [0.25, 0.3) is 10.9 Å². The molecule has 1 N–H and O–H groups in total. The number of halogens is 1. The Labute approximate surface area is 182 Å². The molecule has 1 aromatic heterocycles. The molecule has 2 aromatic carbocycles. The van der Waals surface area contributed by atoms with Crippen molar-refractivity contribution < 1.29 is 14.3 Å². The number of ether oxygens (including phenoxy) is 2. The molecular weight excluding hydrogens is 400 g/mol. The minimum absolute atomic E-state index is 0.408. The monoisotopic (exact) mass is 426 g/mol. The van der Waals surface area contributed by atoms with Crippen molar-refractivity contribution >= 4 is 34.2 Å². The average Bonchev–Trinajstić information content (AvgIpc) is 2.66. The van der Waals surface area contributed by atoms with E-state index in [0.717, 1.165) is 16.6 Å². The summed E-state index contributed by atoms with van der Waals surface area (Å²) >= 11 is 5.98. The molecule has 1 heterocycles. The average molecular weight is 427 g/mol. The third-order valence-electron chi connectivity index (χ3n) is 4.46. The summed E-state index contributed by atoms with van der Waals surface area (Å²) in [5.74, 6) is 0.199. The Kier molecular flexibility index (Phi) is 6.22. The van der Waals surface area contributed by atoms with Crippen LogP contribution in [0.5, 0.6) is 5.75 Å². The normalized spacial score (nSPS) is 13.0. The Bertz CT molecular complexity index is 1020. The zero-order valence-electron chi connectivity index (χ0n) is 17.9. The molecule has 0 bridgehead atoms. The molecule has 0 saturated carbocycles. The Morgan fingerprint density at radius 1 is 1.00 bits per heavy atom. The first-order valence-corrected chi connectivity index (χ1v) is 10.2. The summed E-state index contributed by atoms with van der Waals surface area (Å²) in [5.41, 5.74) is -0.0649. The van der Waals surface area contributed by atoms with Crippen molar-refractivity contribution in [1.82, 2.24) is 4.98 Å². The second-order valence-electron chi connectivity index (χ2n) is 8.65. The number of esters is 1. The third kappa shape index (κ3) is 5.42. The van der Waals surface area contributed by atoms with Crippen molar-refractivity contribution in [3.05, 3.63) is 65.8 Å². The van der Waals surface area contributed by atoms with Crippen LogP contribution in [0.3, 0.4) is 0 Å².